The molecule has 0 aliphatic heterocycles. The van der Waals surface area contributed by atoms with Gasteiger partial charge in [0.15, 0.2) is 11.5 Å². The summed E-state index contributed by atoms with van der Waals surface area (Å²) in [5.41, 5.74) is 6.07. The van der Waals surface area contributed by atoms with Crippen LogP contribution in [-0.4, -0.2) is 32.2 Å². The second-order valence-corrected chi connectivity index (χ2v) is 4.86. The summed E-state index contributed by atoms with van der Waals surface area (Å²) < 4.78 is 10.3. The number of carbonyl (C=O) groups excluding carboxylic acids is 1. The van der Waals surface area contributed by atoms with Crippen molar-refractivity contribution in [2.24, 2.45) is 5.73 Å². The molecular formula is C14H20N2O3. The van der Waals surface area contributed by atoms with Gasteiger partial charge < -0.3 is 20.5 Å². The van der Waals surface area contributed by atoms with Gasteiger partial charge in [0.1, 0.15) is 0 Å². The van der Waals surface area contributed by atoms with E-state index in [0.717, 1.165) is 19.3 Å². The number of ether oxygens (including phenoxy) is 2. The van der Waals surface area contributed by atoms with Crippen LogP contribution in [0.15, 0.2) is 18.2 Å². The minimum absolute atomic E-state index is 0.119. The van der Waals surface area contributed by atoms with E-state index >= 15 is 0 Å². The second kappa shape index (κ2) is 5.48. The van der Waals surface area contributed by atoms with Crippen molar-refractivity contribution in [2.45, 2.75) is 24.8 Å². The van der Waals surface area contributed by atoms with Crippen LogP contribution in [-0.2, 0) is 0 Å². The minimum Gasteiger partial charge on any atom is -0.493 e. The first-order chi connectivity index (χ1) is 9.14. The lowest BCUT2D eigenvalue weighted by molar-refractivity contribution is 0.0837. The summed E-state index contributed by atoms with van der Waals surface area (Å²) in [4.78, 5) is 12.2. The molecule has 0 heterocycles. The lowest BCUT2D eigenvalue weighted by Crippen LogP contribution is -2.58. The molecule has 3 N–H and O–H groups in total. The molecule has 0 radical (unpaired) electrons. The van der Waals surface area contributed by atoms with Gasteiger partial charge in [-0.1, -0.05) is 0 Å². The van der Waals surface area contributed by atoms with Crippen molar-refractivity contribution in [3.05, 3.63) is 23.8 Å². The summed E-state index contributed by atoms with van der Waals surface area (Å²) in [6.45, 7) is 0.478. The predicted octanol–water partition coefficient (Wildman–Crippen LogP) is 1.31. The Morgan fingerprint density at radius 2 is 2.00 bits per heavy atom. The molecule has 19 heavy (non-hydrogen) atoms. The maximum absolute atomic E-state index is 12.2. The smallest absolute Gasteiger partial charge is 0.251 e. The van der Waals surface area contributed by atoms with E-state index in [0.29, 0.717) is 23.6 Å². The van der Waals surface area contributed by atoms with E-state index in [-0.39, 0.29) is 11.4 Å². The summed E-state index contributed by atoms with van der Waals surface area (Å²) in [5.74, 6) is 1.04. The van der Waals surface area contributed by atoms with Crippen LogP contribution in [0, 0.1) is 0 Å². The van der Waals surface area contributed by atoms with E-state index in [1.165, 1.54) is 0 Å². The monoisotopic (exact) mass is 264 g/mol. The van der Waals surface area contributed by atoms with Crippen molar-refractivity contribution in [3.8, 4) is 11.5 Å². The summed E-state index contributed by atoms with van der Waals surface area (Å²) in [7, 11) is 3.11. The fourth-order valence-corrected chi connectivity index (χ4v) is 2.27. The third-order valence-corrected chi connectivity index (χ3v) is 3.73. The second-order valence-electron chi connectivity index (χ2n) is 4.86. The molecule has 1 amide bonds. The molecule has 0 saturated heterocycles. The van der Waals surface area contributed by atoms with Gasteiger partial charge in [0.2, 0.25) is 0 Å². The van der Waals surface area contributed by atoms with Crippen LogP contribution >= 0.6 is 0 Å². The molecule has 1 fully saturated rings. The molecule has 1 aliphatic carbocycles. The fraction of sp³-hybridized carbons (Fsp3) is 0.500. The number of hydrogen-bond acceptors (Lipinski definition) is 4. The molecule has 2 rings (SSSR count). The lowest BCUT2D eigenvalue weighted by atomic mass is 9.76. The predicted molar refractivity (Wildman–Crippen MR) is 72.6 cm³/mol. The normalized spacial score (nSPS) is 16.4. The average molecular weight is 264 g/mol. The van der Waals surface area contributed by atoms with E-state index in [9.17, 15) is 4.79 Å². The molecule has 0 spiro atoms. The first kappa shape index (κ1) is 13.7. The van der Waals surface area contributed by atoms with Gasteiger partial charge in [0, 0.05) is 12.1 Å². The van der Waals surface area contributed by atoms with Crippen molar-refractivity contribution < 1.29 is 14.3 Å². The summed E-state index contributed by atoms with van der Waals surface area (Å²) in [6.07, 6.45) is 3.01. The van der Waals surface area contributed by atoms with E-state index in [2.05, 4.69) is 5.32 Å². The third kappa shape index (κ3) is 2.66. The van der Waals surface area contributed by atoms with Gasteiger partial charge in [-0.15, -0.1) is 0 Å². The topological polar surface area (TPSA) is 73.6 Å². The maximum Gasteiger partial charge on any atom is 0.251 e. The van der Waals surface area contributed by atoms with E-state index in [4.69, 9.17) is 15.2 Å². The zero-order valence-electron chi connectivity index (χ0n) is 11.4. The molecule has 1 aliphatic rings. The van der Waals surface area contributed by atoms with Crippen LogP contribution in [0.5, 0.6) is 11.5 Å². The van der Waals surface area contributed by atoms with Gasteiger partial charge in [-0.2, -0.15) is 0 Å². The Kier molecular flexibility index (Phi) is 3.95. The molecule has 0 unspecified atom stereocenters. The minimum atomic E-state index is -0.218. The molecule has 0 atom stereocenters. The number of nitrogens with one attached hydrogen (secondary N) is 1. The SMILES string of the molecule is COc1ccc(C(=O)NC2(CN)CCC2)cc1OC. The first-order valence-corrected chi connectivity index (χ1v) is 6.39. The zero-order chi connectivity index (χ0) is 13.9. The number of benzene rings is 1. The van der Waals surface area contributed by atoms with Crippen LogP contribution in [0.4, 0.5) is 0 Å². The van der Waals surface area contributed by atoms with Crippen molar-refractivity contribution in [2.75, 3.05) is 20.8 Å². The summed E-state index contributed by atoms with van der Waals surface area (Å²) in [5, 5.41) is 3.02. The van der Waals surface area contributed by atoms with Gasteiger partial charge in [0.05, 0.1) is 19.8 Å². The number of nitrogens with two attached hydrogens (primary N) is 1. The molecule has 0 aromatic heterocycles. The summed E-state index contributed by atoms with van der Waals surface area (Å²) >= 11 is 0. The van der Waals surface area contributed by atoms with Gasteiger partial charge in [-0.05, 0) is 37.5 Å². The Morgan fingerprint density at radius 3 is 2.47 bits per heavy atom. The average Bonchev–Trinajstić information content (AvgIpc) is 2.41. The van der Waals surface area contributed by atoms with Gasteiger partial charge in [0.25, 0.3) is 5.91 Å². The third-order valence-electron chi connectivity index (χ3n) is 3.73. The number of hydrogen-bond donors (Lipinski definition) is 2. The quantitative estimate of drug-likeness (QED) is 0.841. The Bertz CT molecular complexity index is 464. The van der Waals surface area contributed by atoms with Crippen LogP contribution < -0.4 is 20.5 Å². The number of amides is 1. The molecule has 104 valence electrons. The molecule has 5 heteroatoms. The van der Waals surface area contributed by atoms with Crippen molar-refractivity contribution in [3.63, 3.8) is 0 Å². The number of carbonyl (C=O) groups is 1. The molecule has 5 nitrogen and oxygen atoms in total. The Balaban J connectivity index is 2.15. The van der Waals surface area contributed by atoms with Crippen LogP contribution in [0.3, 0.4) is 0 Å². The Hall–Kier alpha value is -1.75. The fourth-order valence-electron chi connectivity index (χ4n) is 2.27. The zero-order valence-corrected chi connectivity index (χ0v) is 11.4. The number of methoxy groups -OCH3 is 2. The first-order valence-electron chi connectivity index (χ1n) is 6.39. The van der Waals surface area contributed by atoms with Gasteiger partial charge in [-0.3, -0.25) is 4.79 Å². The van der Waals surface area contributed by atoms with Gasteiger partial charge in [-0.25, -0.2) is 0 Å². The van der Waals surface area contributed by atoms with Crippen molar-refractivity contribution in [1.82, 2.24) is 5.32 Å². The van der Waals surface area contributed by atoms with E-state index < -0.39 is 0 Å². The molecule has 1 saturated carbocycles. The van der Waals surface area contributed by atoms with Crippen molar-refractivity contribution in [1.29, 1.82) is 0 Å². The van der Waals surface area contributed by atoms with E-state index in [1.807, 2.05) is 0 Å². The van der Waals surface area contributed by atoms with Gasteiger partial charge >= 0.3 is 0 Å². The standard InChI is InChI=1S/C14H20N2O3/c1-18-11-5-4-10(8-12(11)19-2)13(17)16-14(9-15)6-3-7-14/h4-5,8H,3,6-7,9,15H2,1-2H3,(H,16,17). The highest BCUT2D eigenvalue weighted by molar-refractivity contribution is 5.95. The molecule has 0 bridgehead atoms. The van der Waals surface area contributed by atoms with Crippen LogP contribution in [0.2, 0.25) is 0 Å². The largest absolute Gasteiger partial charge is 0.493 e. The van der Waals surface area contributed by atoms with E-state index in [1.54, 1.807) is 32.4 Å². The lowest BCUT2D eigenvalue weighted by Gasteiger charge is -2.41. The highest BCUT2D eigenvalue weighted by Crippen LogP contribution is 2.32. The Morgan fingerprint density at radius 1 is 1.32 bits per heavy atom. The maximum atomic E-state index is 12.2. The molecule has 1 aromatic carbocycles. The molecule has 1 aromatic rings. The van der Waals surface area contributed by atoms with Crippen LogP contribution in [0.25, 0.3) is 0 Å². The Labute approximate surface area is 113 Å². The van der Waals surface area contributed by atoms with Crippen LogP contribution in [0.1, 0.15) is 29.6 Å². The highest BCUT2D eigenvalue weighted by Gasteiger charge is 2.37. The highest BCUT2D eigenvalue weighted by atomic mass is 16.5. The number of rotatable bonds is 5. The van der Waals surface area contributed by atoms with Crippen molar-refractivity contribution >= 4 is 5.91 Å². The summed E-state index contributed by atoms with van der Waals surface area (Å²) in [6, 6.07) is 5.13. The molecular weight excluding hydrogens is 244 g/mol.